The molecule has 0 unspecified atom stereocenters. The molecule has 86 valence electrons. The van der Waals surface area contributed by atoms with Gasteiger partial charge in [-0.3, -0.25) is 9.78 Å². The molecule has 1 heterocycles. The fourth-order valence-corrected chi connectivity index (χ4v) is 1.31. The van der Waals surface area contributed by atoms with Gasteiger partial charge in [0.1, 0.15) is 0 Å². The maximum absolute atomic E-state index is 11.3. The van der Waals surface area contributed by atoms with Crippen molar-refractivity contribution >= 4 is 23.9 Å². The van der Waals surface area contributed by atoms with Crippen molar-refractivity contribution in [2.45, 2.75) is 13.3 Å². The number of carboxylic acid groups (broad SMARTS) is 1. The molecule has 7 nitrogen and oxygen atoms in total. The lowest BCUT2D eigenvalue weighted by Crippen LogP contribution is -2.21. The van der Waals surface area contributed by atoms with E-state index in [2.05, 4.69) is 15.1 Å². The zero-order valence-electron chi connectivity index (χ0n) is 8.27. The molecule has 0 aliphatic heterocycles. The highest BCUT2D eigenvalue weighted by Crippen LogP contribution is 2.00. The third-order valence-corrected chi connectivity index (χ3v) is 2.20. The van der Waals surface area contributed by atoms with E-state index in [-0.39, 0.29) is 11.2 Å². The second kappa shape index (κ2) is 4.71. The van der Waals surface area contributed by atoms with E-state index in [1.165, 1.54) is 6.92 Å². The average molecular weight is 243 g/mol. The summed E-state index contributed by atoms with van der Waals surface area (Å²) in [6, 6.07) is 0. The van der Waals surface area contributed by atoms with Crippen LogP contribution >= 0.6 is 12.2 Å². The highest BCUT2D eigenvalue weighted by molar-refractivity contribution is 7.71. The molecule has 4 N–H and O–H groups in total. The Morgan fingerprint density at radius 2 is 2.12 bits per heavy atom. The minimum Gasteiger partial charge on any atom is -0.477 e. The molecule has 0 spiro atoms. The molecule has 1 aromatic heterocycles. The van der Waals surface area contributed by atoms with Crippen molar-refractivity contribution in [2.24, 2.45) is 5.16 Å². The first-order valence-electron chi connectivity index (χ1n) is 4.22. The smallest absolute Gasteiger partial charge is 0.354 e. The third kappa shape index (κ3) is 2.54. The summed E-state index contributed by atoms with van der Waals surface area (Å²) in [5, 5.41) is 19.8. The molecular formula is C8H9N3O4S. The lowest BCUT2D eigenvalue weighted by atomic mass is 10.1. The maximum atomic E-state index is 11.3. The van der Waals surface area contributed by atoms with Gasteiger partial charge in [-0.05, 0) is 19.1 Å². The van der Waals surface area contributed by atoms with Crippen molar-refractivity contribution in [2.75, 3.05) is 0 Å². The number of hydrogen-bond donors (Lipinski definition) is 4. The first-order chi connectivity index (χ1) is 7.45. The topological polar surface area (TPSA) is 119 Å². The third-order valence-electron chi connectivity index (χ3n) is 2.00. The van der Waals surface area contributed by atoms with Gasteiger partial charge in [0.15, 0.2) is 10.5 Å². The number of nitrogens with zero attached hydrogens (tertiary/aromatic N) is 1. The number of aromatic amines is 2. The summed E-state index contributed by atoms with van der Waals surface area (Å²) in [7, 11) is 0. The Labute approximate surface area is 94.5 Å². The Hall–Kier alpha value is -1.96. The number of aromatic nitrogens is 2. The fourth-order valence-electron chi connectivity index (χ4n) is 1.09. The average Bonchev–Trinajstić information content (AvgIpc) is 2.20. The second-order valence-electron chi connectivity index (χ2n) is 3.04. The number of H-pyrrole nitrogens is 2. The van der Waals surface area contributed by atoms with Crippen LogP contribution in [0, 0.1) is 11.7 Å². The van der Waals surface area contributed by atoms with Crippen LogP contribution in [-0.2, 0) is 11.2 Å². The highest BCUT2D eigenvalue weighted by atomic mass is 32.1. The molecule has 1 rings (SSSR count). The van der Waals surface area contributed by atoms with Crippen molar-refractivity contribution < 1.29 is 15.1 Å². The van der Waals surface area contributed by atoms with E-state index in [9.17, 15) is 9.59 Å². The van der Waals surface area contributed by atoms with Crippen LogP contribution in [-0.4, -0.2) is 32.0 Å². The number of oxime groups is 1. The zero-order valence-corrected chi connectivity index (χ0v) is 9.09. The molecular weight excluding hydrogens is 234 g/mol. The van der Waals surface area contributed by atoms with Crippen LogP contribution in [0.3, 0.4) is 0 Å². The molecule has 0 aliphatic rings. The molecule has 0 radical (unpaired) electrons. The summed E-state index contributed by atoms with van der Waals surface area (Å²) < 4.78 is 0.0910. The lowest BCUT2D eigenvalue weighted by Gasteiger charge is -2.03. The second-order valence-corrected chi connectivity index (χ2v) is 3.45. The van der Waals surface area contributed by atoms with Gasteiger partial charge in [-0.15, -0.1) is 0 Å². The van der Waals surface area contributed by atoms with Crippen molar-refractivity contribution in [3.05, 3.63) is 26.4 Å². The van der Waals surface area contributed by atoms with Gasteiger partial charge in [0, 0.05) is 17.7 Å². The van der Waals surface area contributed by atoms with Gasteiger partial charge >= 0.3 is 5.97 Å². The van der Waals surface area contributed by atoms with Gasteiger partial charge in [-0.25, -0.2) is 4.79 Å². The number of hydrogen-bond acceptors (Lipinski definition) is 5. The number of nitrogens with one attached hydrogen (secondary N) is 2. The quantitative estimate of drug-likeness (QED) is 0.262. The minimum atomic E-state index is -1.36. The van der Waals surface area contributed by atoms with Crippen LogP contribution in [0.25, 0.3) is 0 Å². The Kier molecular flexibility index (Phi) is 3.56. The largest absolute Gasteiger partial charge is 0.477 e. The molecule has 1 aromatic rings. The zero-order chi connectivity index (χ0) is 12.3. The molecule has 0 aromatic carbocycles. The molecule has 0 atom stereocenters. The van der Waals surface area contributed by atoms with E-state index in [0.717, 1.165) is 0 Å². The Morgan fingerprint density at radius 1 is 1.50 bits per heavy atom. The standard InChI is InChI=1S/C8H9N3O4S/c1-3-4(2-5(11-15)7(13)14)9-8(16)10-6(3)12/h15H,2H2,1H3,(H,13,14)(H2,9,10,12,16)/b11-5-. The van der Waals surface area contributed by atoms with Gasteiger partial charge in [0.25, 0.3) is 5.56 Å². The Balaban J connectivity index is 3.21. The summed E-state index contributed by atoms with van der Waals surface area (Å²) in [6.07, 6.45) is -0.203. The maximum Gasteiger partial charge on any atom is 0.354 e. The highest BCUT2D eigenvalue weighted by Gasteiger charge is 2.14. The van der Waals surface area contributed by atoms with E-state index < -0.39 is 17.2 Å². The van der Waals surface area contributed by atoms with E-state index in [1.54, 1.807) is 0 Å². The molecule has 0 aliphatic carbocycles. The predicted octanol–water partition coefficient (Wildman–Crippen LogP) is 0.198. The Morgan fingerprint density at radius 3 is 2.62 bits per heavy atom. The van der Waals surface area contributed by atoms with E-state index in [1.807, 2.05) is 0 Å². The van der Waals surface area contributed by atoms with E-state index in [0.29, 0.717) is 11.3 Å². The first kappa shape index (κ1) is 12.1. The van der Waals surface area contributed by atoms with Gasteiger partial charge in [-0.1, -0.05) is 5.16 Å². The van der Waals surface area contributed by atoms with Crippen molar-refractivity contribution in [1.82, 2.24) is 9.97 Å². The number of carboxylic acids is 1. The monoisotopic (exact) mass is 243 g/mol. The molecule has 0 fully saturated rings. The van der Waals surface area contributed by atoms with Crippen LogP contribution < -0.4 is 5.56 Å². The summed E-state index contributed by atoms with van der Waals surface area (Å²) in [6.45, 7) is 1.51. The van der Waals surface area contributed by atoms with Gasteiger partial charge in [-0.2, -0.15) is 0 Å². The van der Waals surface area contributed by atoms with Gasteiger partial charge < -0.3 is 15.3 Å². The molecule has 0 saturated heterocycles. The van der Waals surface area contributed by atoms with Gasteiger partial charge in [0.05, 0.1) is 0 Å². The first-order valence-corrected chi connectivity index (χ1v) is 4.62. The molecule has 0 saturated carbocycles. The van der Waals surface area contributed by atoms with E-state index >= 15 is 0 Å². The number of aliphatic carboxylic acids is 1. The normalized spacial score (nSPS) is 11.4. The summed E-state index contributed by atoms with van der Waals surface area (Å²) in [5.74, 6) is -1.36. The van der Waals surface area contributed by atoms with Crippen LogP contribution in [0.15, 0.2) is 9.95 Å². The fraction of sp³-hybridized carbons (Fsp3) is 0.250. The molecule has 16 heavy (non-hydrogen) atoms. The number of rotatable bonds is 3. The van der Waals surface area contributed by atoms with E-state index in [4.69, 9.17) is 22.5 Å². The van der Waals surface area contributed by atoms with Crippen LogP contribution in [0.1, 0.15) is 11.3 Å². The summed E-state index contributed by atoms with van der Waals surface area (Å²) >= 11 is 4.74. The van der Waals surface area contributed by atoms with Crippen molar-refractivity contribution in [3.8, 4) is 0 Å². The molecule has 8 heteroatoms. The van der Waals surface area contributed by atoms with Crippen LogP contribution in [0.4, 0.5) is 0 Å². The summed E-state index contributed by atoms with van der Waals surface area (Å²) in [5.41, 5.74) is -0.263. The van der Waals surface area contributed by atoms with Crippen molar-refractivity contribution in [3.63, 3.8) is 0 Å². The SMILES string of the molecule is Cc1c(C/C(=N/O)C(=O)O)[nH]c(=S)[nH]c1=O. The Bertz CT molecular complexity index is 557. The predicted molar refractivity (Wildman–Crippen MR) is 57.5 cm³/mol. The molecule has 0 amide bonds. The lowest BCUT2D eigenvalue weighted by molar-refractivity contribution is -0.129. The molecule has 0 bridgehead atoms. The van der Waals surface area contributed by atoms with Gasteiger partial charge in [0.2, 0.25) is 0 Å². The minimum absolute atomic E-state index is 0.0910. The van der Waals surface area contributed by atoms with Crippen molar-refractivity contribution in [1.29, 1.82) is 0 Å². The van der Waals surface area contributed by atoms with Crippen LogP contribution in [0.2, 0.25) is 0 Å². The van der Waals surface area contributed by atoms with Crippen LogP contribution in [0.5, 0.6) is 0 Å². The number of carbonyl (C=O) groups is 1. The summed E-state index contributed by atoms with van der Waals surface area (Å²) in [4.78, 5) is 26.9.